The van der Waals surface area contributed by atoms with E-state index >= 15 is 0 Å². The highest BCUT2D eigenvalue weighted by atomic mass is 16.5. The quantitative estimate of drug-likeness (QED) is 0.723. The van der Waals surface area contributed by atoms with Crippen LogP contribution >= 0.6 is 0 Å². The van der Waals surface area contributed by atoms with Crippen molar-refractivity contribution in [2.45, 2.75) is 6.92 Å². The molecule has 0 bridgehead atoms. The number of carbonyl (C=O) groups excluding carboxylic acids is 1. The number of anilines is 1. The van der Waals surface area contributed by atoms with E-state index in [1.165, 1.54) is 0 Å². The van der Waals surface area contributed by atoms with Crippen LogP contribution in [-0.4, -0.2) is 32.8 Å². The van der Waals surface area contributed by atoms with Crippen molar-refractivity contribution < 1.29 is 14.3 Å². The van der Waals surface area contributed by atoms with Crippen molar-refractivity contribution >= 4 is 11.6 Å². The molecule has 0 aromatic heterocycles. The highest BCUT2D eigenvalue weighted by Gasteiger charge is 2.04. The van der Waals surface area contributed by atoms with E-state index < -0.39 is 0 Å². The zero-order valence-corrected chi connectivity index (χ0v) is 10.2. The van der Waals surface area contributed by atoms with Crippen LogP contribution in [0.15, 0.2) is 18.2 Å². The van der Waals surface area contributed by atoms with Gasteiger partial charge in [-0.25, -0.2) is 0 Å². The average Bonchev–Trinajstić information content (AvgIpc) is 2.32. The van der Waals surface area contributed by atoms with Crippen LogP contribution in [0.2, 0.25) is 0 Å². The first-order chi connectivity index (χ1) is 8.17. The van der Waals surface area contributed by atoms with Crippen molar-refractivity contribution in [3.8, 4) is 5.75 Å². The zero-order chi connectivity index (χ0) is 12.7. The summed E-state index contributed by atoms with van der Waals surface area (Å²) in [6.45, 7) is 2.93. The van der Waals surface area contributed by atoms with Gasteiger partial charge in [0.2, 0.25) is 5.91 Å². The van der Waals surface area contributed by atoms with Gasteiger partial charge in [-0.3, -0.25) is 4.79 Å². The Balaban J connectivity index is 2.62. The molecule has 1 rings (SSSR count). The van der Waals surface area contributed by atoms with Gasteiger partial charge < -0.3 is 20.5 Å². The number of methoxy groups -OCH3 is 1. The third kappa shape index (κ3) is 4.42. The maximum atomic E-state index is 11.1. The van der Waals surface area contributed by atoms with Crippen LogP contribution in [0.25, 0.3) is 0 Å². The maximum absolute atomic E-state index is 11.1. The monoisotopic (exact) mass is 238 g/mol. The second kappa shape index (κ2) is 6.88. The van der Waals surface area contributed by atoms with Crippen LogP contribution < -0.4 is 15.8 Å². The largest absolute Gasteiger partial charge is 0.491 e. The molecule has 0 heterocycles. The minimum absolute atomic E-state index is 0.0223. The Morgan fingerprint density at radius 3 is 2.76 bits per heavy atom. The number of nitrogens with one attached hydrogen (secondary N) is 1. The molecule has 0 unspecified atom stereocenters. The van der Waals surface area contributed by atoms with Gasteiger partial charge in [-0.2, -0.15) is 0 Å². The third-order valence-corrected chi connectivity index (χ3v) is 2.21. The normalized spacial score (nSPS) is 10.1. The smallest absolute Gasteiger partial charge is 0.238 e. The van der Waals surface area contributed by atoms with Crippen molar-refractivity contribution in [2.24, 2.45) is 5.73 Å². The van der Waals surface area contributed by atoms with Crippen molar-refractivity contribution in [2.75, 3.05) is 32.2 Å². The SMILES string of the molecule is COCCOc1ccc(NC(=O)CN)c(C)c1. The number of nitrogens with two attached hydrogens (primary N) is 1. The molecule has 1 aromatic rings. The molecule has 0 aliphatic rings. The van der Waals surface area contributed by atoms with Gasteiger partial charge in [0.05, 0.1) is 13.2 Å². The topological polar surface area (TPSA) is 73.6 Å². The van der Waals surface area contributed by atoms with E-state index in [0.29, 0.717) is 13.2 Å². The third-order valence-electron chi connectivity index (χ3n) is 2.21. The molecule has 0 saturated carbocycles. The lowest BCUT2D eigenvalue weighted by Crippen LogP contribution is -2.22. The van der Waals surface area contributed by atoms with Crippen LogP contribution in [0, 0.1) is 6.92 Å². The van der Waals surface area contributed by atoms with Crippen molar-refractivity contribution in [1.29, 1.82) is 0 Å². The number of benzene rings is 1. The highest BCUT2D eigenvalue weighted by molar-refractivity contribution is 5.92. The summed E-state index contributed by atoms with van der Waals surface area (Å²) in [5.41, 5.74) is 6.91. The zero-order valence-electron chi connectivity index (χ0n) is 10.2. The first-order valence-electron chi connectivity index (χ1n) is 5.39. The lowest BCUT2D eigenvalue weighted by Gasteiger charge is -2.10. The molecule has 3 N–H and O–H groups in total. The summed E-state index contributed by atoms with van der Waals surface area (Å²) in [5.74, 6) is 0.548. The number of rotatable bonds is 6. The van der Waals surface area contributed by atoms with Gasteiger partial charge in [-0.1, -0.05) is 0 Å². The molecular formula is C12H18N2O3. The van der Waals surface area contributed by atoms with Gasteiger partial charge in [0.15, 0.2) is 0 Å². The lowest BCUT2D eigenvalue weighted by atomic mass is 10.2. The summed E-state index contributed by atoms with van der Waals surface area (Å²) in [5, 5.41) is 2.71. The summed E-state index contributed by atoms with van der Waals surface area (Å²) < 4.78 is 10.3. The molecule has 0 saturated heterocycles. The standard InChI is InChI=1S/C12H18N2O3/c1-9-7-10(17-6-5-16-2)3-4-11(9)14-12(15)8-13/h3-4,7H,5-6,8,13H2,1-2H3,(H,14,15). The highest BCUT2D eigenvalue weighted by Crippen LogP contribution is 2.21. The fraction of sp³-hybridized carbons (Fsp3) is 0.417. The van der Waals surface area contributed by atoms with E-state index in [9.17, 15) is 4.79 Å². The Morgan fingerprint density at radius 2 is 2.18 bits per heavy atom. The number of aryl methyl sites for hydroxylation is 1. The fourth-order valence-electron chi connectivity index (χ4n) is 1.31. The second-order valence-corrected chi connectivity index (χ2v) is 3.57. The van der Waals surface area contributed by atoms with E-state index in [2.05, 4.69) is 5.32 Å². The number of carbonyl (C=O) groups is 1. The average molecular weight is 238 g/mol. The van der Waals surface area contributed by atoms with Crippen molar-refractivity contribution in [1.82, 2.24) is 0 Å². The summed E-state index contributed by atoms with van der Waals surface area (Å²) in [4.78, 5) is 11.1. The molecule has 17 heavy (non-hydrogen) atoms. The molecule has 0 atom stereocenters. The minimum atomic E-state index is -0.207. The first kappa shape index (κ1) is 13.5. The molecule has 94 valence electrons. The molecule has 1 amide bonds. The second-order valence-electron chi connectivity index (χ2n) is 3.57. The Labute approximate surface area is 101 Å². The number of amides is 1. The molecule has 0 aliphatic carbocycles. The van der Waals surface area contributed by atoms with Gasteiger partial charge >= 0.3 is 0 Å². The Hall–Kier alpha value is -1.59. The number of hydrogen-bond donors (Lipinski definition) is 2. The Kier molecular flexibility index (Phi) is 5.45. The van der Waals surface area contributed by atoms with E-state index in [1.54, 1.807) is 19.2 Å². The van der Waals surface area contributed by atoms with E-state index in [4.69, 9.17) is 15.2 Å². The molecule has 0 fully saturated rings. The van der Waals surface area contributed by atoms with Gasteiger partial charge in [0, 0.05) is 12.8 Å². The predicted molar refractivity (Wildman–Crippen MR) is 66.2 cm³/mol. The van der Waals surface area contributed by atoms with Crippen molar-refractivity contribution in [3.63, 3.8) is 0 Å². The maximum Gasteiger partial charge on any atom is 0.238 e. The van der Waals surface area contributed by atoms with E-state index in [1.807, 2.05) is 13.0 Å². The molecule has 5 nitrogen and oxygen atoms in total. The molecule has 5 heteroatoms. The number of ether oxygens (including phenoxy) is 2. The lowest BCUT2D eigenvalue weighted by molar-refractivity contribution is -0.114. The summed E-state index contributed by atoms with van der Waals surface area (Å²) in [7, 11) is 1.63. The van der Waals surface area contributed by atoms with Crippen LogP contribution in [-0.2, 0) is 9.53 Å². The molecule has 0 aliphatic heterocycles. The van der Waals surface area contributed by atoms with Gasteiger partial charge in [0.1, 0.15) is 12.4 Å². The van der Waals surface area contributed by atoms with Gasteiger partial charge in [-0.05, 0) is 30.7 Å². The molecule has 1 aromatic carbocycles. The minimum Gasteiger partial charge on any atom is -0.491 e. The molecular weight excluding hydrogens is 220 g/mol. The molecule has 0 radical (unpaired) electrons. The van der Waals surface area contributed by atoms with Crippen LogP contribution in [0.1, 0.15) is 5.56 Å². The van der Waals surface area contributed by atoms with E-state index in [-0.39, 0.29) is 12.5 Å². The first-order valence-corrected chi connectivity index (χ1v) is 5.39. The number of hydrogen-bond acceptors (Lipinski definition) is 4. The Bertz CT molecular complexity index is 380. The van der Waals surface area contributed by atoms with E-state index in [0.717, 1.165) is 17.0 Å². The summed E-state index contributed by atoms with van der Waals surface area (Å²) in [6.07, 6.45) is 0. The Morgan fingerprint density at radius 1 is 1.41 bits per heavy atom. The summed E-state index contributed by atoms with van der Waals surface area (Å²) in [6, 6.07) is 5.46. The summed E-state index contributed by atoms with van der Waals surface area (Å²) >= 11 is 0. The molecule has 0 spiro atoms. The fourth-order valence-corrected chi connectivity index (χ4v) is 1.31. The predicted octanol–water partition coefficient (Wildman–Crippen LogP) is 0.917. The van der Waals surface area contributed by atoms with Crippen LogP contribution in [0.5, 0.6) is 5.75 Å². The van der Waals surface area contributed by atoms with Gasteiger partial charge in [0.25, 0.3) is 0 Å². The van der Waals surface area contributed by atoms with Crippen LogP contribution in [0.3, 0.4) is 0 Å². The van der Waals surface area contributed by atoms with Gasteiger partial charge in [-0.15, -0.1) is 0 Å². The van der Waals surface area contributed by atoms with Crippen LogP contribution in [0.4, 0.5) is 5.69 Å². The van der Waals surface area contributed by atoms with Crippen molar-refractivity contribution in [3.05, 3.63) is 23.8 Å².